The minimum atomic E-state index is 0.102. The third kappa shape index (κ3) is 4.52. The van der Waals surface area contributed by atoms with Gasteiger partial charge in [0.15, 0.2) is 10.6 Å². The standard InChI is InChI=1S/C23H27N5OS/c1-18(29)20-8-10-21(11-9-20)27-14-12-26(13-15-27)17-28-23(30)25(2)22(24-28)16-19-6-4-3-5-7-19/h3-11H,12-17H2,1-2H3. The van der Waals surface area contributed by atoms with E-state index in [9.17, 15) is 4.79 Å². The van der Waals surface area contributed by atoms with Crippen LogP contribution in [0.1, 0.15) is 28.7 Å². The molecule has 2 aromatic carbocycles. The van der Waals surface area contributed by atoms with E-state index in [-0.39, 0.29) is 5.78 Å². The Morgan fingerprint density at radius 3 is 2.30 bits per heavy atom. The van der Waals surface area contributed by atoms with Gasteiger partial charge >= 0.3 is 0 Å². The maximum absolute atomic E-state index is 11.5. The molecule has 0 saturated carbocycles. The minimum Gasteiger partial charge on any atom is -0.369 e. The van der Waals surface area contributed by atoms with Gasteiger partial charge in [-0.15, -0.1) is 0 Å². The Morgan fingerprint density at radius 2 is 1.67 bits per heavy atom. The van der Waals surface area contributed by atoms with Crippen molar-refractivity contribution < 1.29 is 4.79 Å². The third-order valence-electron chi connectivity index (χ3n) is 5.68. The van der Waals surface area contributed by atoms with Crippen LogP contribution in [0, 0.1) is 4.77 Å². The second-order valence-electron chi connectivity index (χ2n) is 7.77. The first kappa shape index (κ1) is 20.5. The second-order valence-corrected chi connectivity index (χ2v) is 8.13. The van der Waals surface area contributed by atoms with Crippen molar-refractivity contribution in [2.45, 2.75) is 20.0 Å². The smallest absolute Gasteiger partial charge is 0.198 e. The molecular weight excluding hydrogens is 394 g/mol. The molecule has 2 heterocycles. The summed E-state index contributed by atoms with van der Waals surface area (Å²) in [6, 6.07) is 18.2. The number of hydrogen-bond donors (Lipinski definition) is 0. The van der Waals surface area contributed by atoms with Crippen LogP contribution < -0.4 is 4.90 Å². The topological polar surface area (TPSA) is 46.3 Å². The van der Waals surface area contributed by atoms with Crippen molar-refractivity contribution >= 4 is 23.7 Å². The predicted octanol–water partition coefficient (Wildman–Crippen LogP) is 3.52. The summed E-state index contributed by atoms with van der Waals surface area (Å²) in [5.74, 6) is 1.08. The molecule has 1 fully saturated rings. The van der Waals surface area contributed by atoms with Crippen LogP contribution >= 0.6 is 12.2 Å². The van der Waals surface area contributed by atoms with E-state index in [0.717, 1.165) is 48.8 Å². The van der Waals surface area contributed by atoms with Crippen molar-refractivity contribution in [3.8, 4) is 0 Å². The van der Waals surface area contributed by atoms with Gasteiger partial charge in [0.2, 0.25) is 0 Å². The number of anilines is 1. The number of carbonyl (C=O) groups excluding carboxylic acids is 1. The molecule has 0 radical (unpaired) electrons. The Labute approximate surface area is 182 Å². The number of rotatable bonds is 6. The molecule has 0 unspecified atom stereocenters. The highest BCUT2D eigenvalue weighted by Gasteiger charge is 2.19. The summed E-state index contributed by atoms with van der Waals surface area (Å²) in [6.45, 7) is 6.08. The fourth-order valence-electron chi connectivity index (χ4n) is 3.80. The average molecular weight is 422 g/mol. The Kier molecular flexibility index (Phi) is 6.11. The van der Waals surface area contributed by atoms with Gasteiger partial charge in [-0.3, -0.25) is 9.69 Å². The summed E-state index contributed by atoms with van der Waals surface area (Å²) in [7, 11) is 1.99. The number of hydrogen-bond acceptors (Lipinski definition) is 5. The highest BCUT2D eigenvalue weighted by atomic mass is 32.1. The van der Waals surface area contributed by atoms with E-state index in [4.69, 9.17) is 17.3 Å². The third-order valence-corrected chi connectivity index (χ3v) is 6.17. The van der Waals surface area contributed by atoms with E-state index >= 15 is 0 Å². The van der Waals surface area contributed by atoms with Gasteiger partial charge in [-0.25, -0.2) is 4.68 Å². The van der Waals surface area contributed by atoms with Gasteiger partial charge in [-0.1, -0.05) is 30.3 Å². The Morgan fingerprint density at radius 1 is 1.00 bits per heavy atom. The van der Waals surface area contributed by atoms with E-state index in [0.29, 0.717) is 6.67 Å². The summed E-state index contributed by atoms with van der Waals surface area (Å²) in [4.78, 5) is 16.2. The molecule has 0 N–H and O–H groups in total. The van der Waals surface area contributed by atoms with Gasteiger partial charge in [0.05, 0.1) is 6.67 Å². The maximum atomic E-state index is 11.5. The molecule has 1 saturated heterocycles. The fraction of sp³-hybridized carbons (Fsp3) is 0.348. The van der Waals surface area contributed by atoms with Gasteiger partial charge in [0.25, 0.3) is 0 Å². The Bertz CT molecular complexity index is 1060. The number of aromatic nitrogens is 3. The number of piperazine rings is 1. The average Bonchev–Trinajstić information content (AvgIpc) is 3.03. The number of benzene rings is 2. The lowest BCUT2D eigenvalue weighted by atomic mass is 10.1. The molecule has 4 rings (SSSR count). The molecule has 0 bridgehead atoms. The van der Waals surface area contributed by atoms with Crippen molar-refractivity contribution in [2.75, 3.05) is 31.1 Å². The van der Waals surface area contributed by atoms with E-state index in [1.54, 1.807) is 6.92 Å². The zero-order chi connectivity index (χ0) is 21.1. The number of Topliss-reactive ketones (excluding diaryl/α,β-unsaturated/α-hetero) is 1. The molecule has 0 atom stereocenters. The van der Waals surface area contributed by atoms with Crippen molar-refractivity contribution in [3.63, 3.8) is 0 Å². The van der Waals surface area contributed by atoms with Crippen molar-refractivity contribution in [1.82, 2.24) is 19.2 Å². The second kappa shape index (κ2) is 8.93. The van der Waals surface area contributed by atoms with Crippen LogP contribution in [0.15, 0.2) is 54.6 Å². The predicted molar refractivity (Wildman–Crippen MR) is 122 cm³/mol. The molecule has 156 valence electrons. The molecule has 1 aliphatic rings. The first-order chi connectivity index (χ1) is 14.5. The van der Waals surface area contributed by atoms with Crippen LogP contribution in [0.2, 0.25) is 0 Å². The Hall–Kier alpha value is -2.77. The van der Waals surface area contributed by atoms with Gasteiger partial charge in [0, 0.05) is 50.9 Å². The fourth-order valence-corrected chi connectivity index (χ4v) is 4.01. The van der Waals surface area contributed by atoms with Crippen molar-refractivity contribution in [2.24, 2.45) is 7.05 Å². The van der Waals surface area contributed by atoms with Crippen LogP contribution in [-0.2, 0) is 20.1 Å². The van der Waals surface area contributed by atoms with Crippen LogP contribution in [0.25, 0.3) is 0 Å². The van der Waals surface area contributed by atoms with Crippen LogP contribution in [0.3, 0.4) is 0 Å². The van der Waals surface area contributed by atoms with Gasteiger partial charge in [0.1, 0.15) is 5.82 Å². The summed E-state index contributed by atoms with van der Waals surface area (Å²) >= 11 is 5.63. The Balaban J connectivity index is 1.37. The van der Waals surface area contributed by atoms with E-state index < -0.39 is 0 Å². The normalized spacial score (nSPS) is 14.8. The highest BCUT2D eigenvalue weighted by Crippen LogP contribution is 2.18. The molecule has 0 aliphatic carbocycles. The van der Waals surface area contributed by atoms with Gasteiger partial charge < -0.3 is 9.47 Å². The lowest BCUT2D eigenvalue weighted by Gasteiger charge is -2.35. The highest BCUT2D eigenvalue weighted by molar-refractivity contribution is 7.71. The summed E-state index contributed by atoms with van der Waals surface area (Å²) in [5.41, 5.74) is 3.16. The number of ketones is 1. The van der Waals surface area contributed by atoms with Crippen molar-refractivity contribution in [1.29, 1.82) is 0 Å². The lowest BCUT2D eigenvalue weighted by Crippen LogP contribution is -2.47. The lowest BCUT2D eigenvalue weighted by molar-refractivity contribution is 0.101. The zero-order valence-corrected chi connectivity index (χ0v) is 18.3. The molecule has 30 heavy (non-hydrogen) atoms. The van der Waals surface area contributed by atoms with E-state index in [1.165, 1.54) is 11.3 Å². The quantitative estimate of drug-likeness (QED) is 0.450. The van der Waals surface area contributed by atoms with E-state index in [2.05, 4.69) is 21.9 Å². The number of nitrogens with zero attached hydrogens (tertiary/aromatic N) is 5. The summed E-state index contributed by atoms with van der Waals surface area (Å²) in [6.07, 6.45) is 0.776. The van der Waals surface area contributed by atoms with Crippen LogP contribution in [-0.4, -0.2) is 51.2 Å². The molecule has 0 spiro atoms. The maximum Gasteiger partial charge on any atom is 0.198 e. The molecule has 0 amide bonds. The van der Waals surface area contributed by atoms with Gasteiger partial charge in [-0.05, 0) is 49.0 Å². The molecule has 3 aromatic rings. The monoisotopic (exact) mass is 421 g/mol. The minimum absolute atomic E-state index is 0.102. The SMILES string of the molecule is CC(=O)c1ccc(N2CCN(Cn3nc(Cc4ccccc4)n(C)c3=S)CC2)cc1. The summed E-state index contributed by atoms with van der Waals surface area (Å²) < 4.78 is 4.70. The largest absolute Gasteiger partial charge is 0.369 e. The van der Waals surface area contributed by atoms with Crippen molar-refractivity contribution in [3.05, 3.63) is 76.3 Å². The molecule has 6 nitrogen and oxygen atoms in total. The first-order valence-electron chi connectivity index (χ1n) is 10.3. The molecule has 7 heteroatoms. The van der Waals surface area contributed by atoms with Crippen LogP contribution in [0.5, 0.6) is 0 Å². The molecular formula is C23H27N5OS. The number of carbonyl (C=O) groups is 1. The zero-order valence-electron chi connectivity index (χ0n) is 17.5. The van der Waals surface area contributed by atoms with E-state index in [1.807, 2.05) is 58.8 Å². The van der Waals surface area contributed by atoms with Crippen LogP contribution in [0.4, 0.5) is 5.69 Å². The first-order valence-corrected chi connectivity index (χ1v) is 10.7. The molecule has 1 aliphatic heterocycles. The summed E-state index contributed by atoms with van der Waals surface area (Å²) in [5, 5.41) is 4.79. The molecule has 1 aromatic heterocycles. The van der Waals surface area contributed by atoms with Gasteiger partial charge in [-0.2, -0.15) is 5.10 Å².